The molecule has 6 rings (SSSR count). The molecule has 4 heterocycles. The molecule has 2 N–H and O–H groups in total. The molecule has 4 aromatic heterocycles. The molecular weight excluding hydrogens is 922 g/mol. The Morgan fingerprint density at radius 3 is 1.25 bits per heavy atom. The van der Waals surface area contributed by atoms with Crippen LogP contribution < -0.4 is 10.6 Å². The van der Waals surface area contributed by atoms with Gasteiger partial charge in [0, 0.05) is 35.3 Å². The molecule has 0 saturated heterocycles. The third-order valence-electron chi connectivity index (χ3n) is 7.40. The summed E-state index contributed by atoms with van der Waals surface area (Å²) in [6.45, 7) is 0. The van der Waals surface area contributed by atoms with Gasteiger partial charge in [0.2, 0.25) is 0 Å². The Bertz CT molecular complexity index is 2520. The first-order valence-electron chi connectivity index (χ1n) is 15.7. The minimum atomic E-state index is -5.07. The first-order chi connectivity index (χ1) is 27.7. The van der Waals surface area contributed by atoms with E-state index in [-0.39, 0.29) is 75.9 Å². The lowest BCUT2D eigenvalue weighted by Crippen LogP contribution is -2.14. The molecule has 0 unspecified atom stereocenters. The van der Waals surface area contributed by atoms with E-state index in [2.05, 4.69) is 30.8 Å². The molecule has 0 atom stereocenters. The average Bonchev–Trinajstić information content (AvgIpc) is 3.81. The number of carbonyl (C=O) groups is 2. The molecule has 2 aromatic carbocycles. The second-order valence-corrected chi connectivity index (χ2v) is 13.2. The second-order valence-electron chi connectivity index (χ2n) is 11.6. The van der Waals surface area contributed by atoms with Crippen molar-refractivity contribution in [3.05, 3.63) is 139 Å². The number of pyridine rings is 2. The monoisotopic (exact) mass is 936 g/mol. The summed E-state index contributed by atoms with van der Waals surface area (Å²) < 4.78 is 156. The van der Waals surface area contributed by atoms with Gasteiger partial charge in [0.15, 0.2) is 11.4 Å². The van der Waals surface area contributed by atoms with Crippen LogP contribution in [0, 0.1) is 0 Å². The van der Waals surface area contributed by atoms with E-state index >= 15 is 0 Å². The lowest BCUT2D eigenvalue weighted by molar-refractivity contribution is -0.145. The summed E-state index contributed by atoms with van der Waals surface area (Å²) in [5.74, 6) is -1.27. The molecule has 10 nitrogen and oxygen atoms in total. The number of halogens is 16. The molecule has 6 aromatic rings. The topological polar surface area (TPSA) is 120 Å². The van der Waals surface area contributed by atoms with Crippen molar-refractivity contribution in [2.45, 2.75) is 24.7 Å². The van der Waals surface area contributed by atoms with E-state index in [1.165, 1.54) is 42.5 Å². The maximum Gasteiger partial charge on any atom is 0.435 e. The van der Waals surface area contributed by atoms with Gasteiger partial charge in [-0.15, -0.1) is 0 Å². The highest BCUT2D eigenvalue weighted by Crippen LogP contribution is 2.38. The Morgan fingerprint density at radius 2 is 0.900 bits per heavy atom. The van der Waals surface area contributed by atoms with Gasteiger partial charge in [0.25, 0.3) is 11.8 Å². The summed E-state index contributed by atoms with van der Waals surface area (Å²) >= 11 is 22.9. The molecule has 0 saturated carbocycles. The zero-order valence-corrected chi connectivity index (χ0v) is 31.7. The highest BCUT2D eigenvalue weighted by atomic mass is 35.5. The second kappa shape index (κ2) is 17.2. The minimum absolute atomic E-state index is 0.00418. The lowest BCUT2D eigenvalue weighted by atomic mass is 10.2. The Kier molecular flexibility index (Phi) is 13.0. The Morgan fingerprint density at radius 1 is 0.517 bits per heavy atom. The highest BCUT2D eigenvalue weighted by molar-refractivity contribution is 6.41. The van der Waals surface area contributed by atoms with Gasteiger partial charge in [0.1, 0.15) is 26.8 Å². The molecule has 0 spiro atoms. The summed E-state index contributed by atoms with van der Waals surface area (Å²) in [6.07, 6.45) is -19.1. The molecule has 0 radical (unpaired) electrons. The fourth-order valence-electron chi connectivity index (χ4n) is 4.76. The first kappa shape index (κ1) is 45.5. The highest BCUT2D eigenvalue weighted by Gasteiger charge is 2.43. The van der Waals surface area contributed by atoms with Crippen molar-refractivity contribution in [3.8, 4) is 11.4 Å². The van der Waals surface area contributed by atoms with Crippen molar-refractivity contribution in [2.24, 2.45) is 0 Å². The molecule has 0 aliphatic carbocycles. The van der Waals surface area contributed by atoms with Crippen LogP contribution in [0.25, 0.3) is 11.4 Å². The molecule has 2 amide bonds. The number of aromatic nitrogens is 6. The number of alkyl halides is 12. The van der Waals surface area contributed by atoms with Gasteiger partial charge < -0.3 is 10.6 Å². The summed E-state index contributed by atoms with van der Waals surface area (Å²) in [5, 5.41) is 10.9. The number of hydrogen-bond donors (Lipinski definition) is 2. The van der Waals surface area contributed by atoms with Crippen LogP contribution in [-0.2, 0) is 24.7 Å². The summed E-state index contributed by atoms with van der Waals surface area (Å²) in [5.41, 5.74) is -6.66. The van der Waals surface area contributed by atoms with Crippen molar-refractivity contribution >= 4 is 69.6 Å². The van der Waals surface area contributed by atoms with E-state index in [0.717, 1.165) is 30.5 Å². The largest absolute Gasteiger partial charge is 0.435 e. The molecule has 0 aliphatic heterocycles. The van der Waals surface area contributed by atoms with E-state index in [0.29, 0.717) is 0 Å². The fourth-order valence-corrected chi connectivity index (χ4v) is 5.49. The van der Waals surface area contributed by atoms with Crippen LogP contribution in [-0.4, -0.2) is 41.3 Å². The Balaban J connectivity index is 0.000000228. The van der Waals surface area contributed by atoms with Crippen LogP contribution in [0.4, 0.5) is 64.1 Å². The van der Waals surface area contributed by atoms with Gasteiger partial charge in [-0.1, -0.05) is 46.4 Å². The quantitative estimate of drug-likeness (QED) is 0.127. The van der Waals surface area contributed by atoms with Gasteiger partial charge in [-0.3, -0.25) is 9.59 Å². The summed E-state index contributed by atoms with van der Waals surface area (Å²) in [7, 11) is 0. The number of nitrogens with zero attached hydrogens (tertiary/aromatic N) is 6. The lowest BCUT2D eigenvalue weighted by Gasteiger charge is -2.11. The van der Waals surface area contributed by atoms with Crippen LogP contribution >= 0.6 is 46.4 Å². The van der Waals surface area contributed by atoms with Crippen LogP contribution in [0.5, 0.6) is 0 Å². The first-order valence-corrected chi connectivity index (χ1v) is 17.2. The summed E-state index contributed by atoms with van der Waals surface area (Å²) in [4.78, 5) is 31.8. The SMILES string of the molecule is O=C(Nc1ccc(-n2nc(C(F)(F)F)cc2C(F)(F)F)cc1)c1cc(Cl)nc(Cl)c1.O=C(Nc1ccc(-n2nc(C(F)(F)F)cc2C(F)(F)F)cc1)c1cnc(Cl)c(Cl)c1. The van der Waals surface area contributed by atoms with Crippen molar-refractivity contribution in [3.63, 3.8) is 0 Å². The van der Waals surface area contributed by atoms with Crippen LogP contribution in [0.1, 0.15) is 43.5 Å². The van der Waals surface area contributed by atoms with Gasteiger partial charge >= 0.3 is 24.7 Å². The molecule has 60 heavy (non-hydrogen) atoms. The van der Waals surface area contributed by atoms with Gasteiger partial charge in [-0.05, 0) is 66.7 Å². The molecule has 0 bridgehead atoms. The van der Waals surface area contributed by atoms with Crippen molar-refractivity contribution in [1.29, 1.82) is 0 Å². The number of hydrogen-bond acceptors (Lipinski definition) is 6. The van der Waals surface area contributed by atoms with Crippen LogP contribution in [0.3, 0.4) is 0 Å². The maximum atomic E-state index is 13.1. The number of benzene rings is 2. The third-order valence-corrected chi connectivity index (χ3v) is 8.48. The third kappa shape index (κ3) is 11.2. The number of carbonyl (C=O) groups excluding carboxylic acids is 2. The predicted octanol–water partition coefficient (Wildman–Crippen LogP) is 11.7. The van der Waals surface area contributed by atoms with E-state index in [1.54, 1.807) is 0 Å². The van der Waals surface area contributed by atoms with Gasteiger partial charge in [-0.25, -0.2) is 19.3 Å². The molecule has 0 aliphatic rings. The van der Waals surface area contributed by atoms with Crippen molar-refractivity contribution in [1.82, 2.24) is 29.5 Å². The zero-order valence-electron chi connectivity index (χ0n) is 28.6. The minimum Gasteiger partial charge on any atom is -0.322 e. The number of nitrogens with one attached hydrogen (secondary N) is 2. The van der Waals surface area contributed by atoms with E-state index < -0.39 is 59.3 Å². The van der Waals surface area contributed by atoms with Crippen molar-refractivity contribution in [2.75, 3.05) is 10.6 Å². The smallest absolute Gasteiger partial charge is 0.322 e. The van der Waals surface area contributed by atoms with E-state index in [1.807, 2.05) is 0 Å². The van der Waals surface area contributed by atoms with Gasteiger partial charge in [0.05, 0.1) is 22.0 Å². The fraction of sp³-hybridized carbons (Fsp3) is 0.118. The molecular formula is C34H16Cl4F12N8O2. The zero-order chi connectivity index (χ0) is 44.5. The summed E-state index contributed by atoms with van der Waals surface area (Å²) in [6, 6.07) is 12.7. The Labute approximate surface area is 346 Å². The average molecular weight is 938 g/mol. The van der Waals surface area contributed by atoms with Crippen LogP contribution in [0.15, 0.2) is 85.1 Å². The molecule has 26 heteroatoms. The van der Waals surface area contributed by atoms with Crippen molar-refractivity contribution < 1.29 is 62.3 Å². The van der Waals surface area contributed by atoms with E-state index in [4.69, 9.17) is 46.4 Å². The number of rotatable bonds is 6. The predicted molar refractivity (Wildman–Crippen MR) is 192 cm³/mol. The van der Waals surface area contributed by atoms with Crippen LogP contribution in [0.2, 0.25) is 20.5 Å². The molecule has 316 valence electrons. The van der Waals surface area contributed by atoms with Gasteiger partial charge in [-0.2, -0.15) is 62.9 Å². The standard InChI is InChI=1S/2C17H8Cl2F6N4O/c18-11-5-8(7-26-14(11)19)15(30)27-9-1-3-10(4-2-9)29-13(17(23,24)25)6-12(28-29)16(20,21)22;18-13-5-8(6-14(19)27-13)15(30)26-9-1-3-10(4-2-9)29-12(17(23,24)25)7-11(28-29)16(20,21)22/h1-7H,(H,27,30);1-7H,(H,26,30). The number of amides is 2. The normalized spacial score (nSPS) is 12.1. The Hall–Kier alpha value is -5.58. The number of anilines is 2. The van der Waals surface area contributed by atoms with E-state index in [9.17, 15) is 62.3 Å². The molecule has 0 fully saturated rings. The maximum absolute atomic E-state index is 13.1.